The first-order chi connectivity index (χ1) is 13.8. The highest BCUT2D eigenvalue weighted by atomic mass is 16.6. The second-order valence-electron chi connectivity index (χ2n) is 8.97. The second-order valence-corrected chi connectivity index (χ2v) is 8.97. The van der Waals surface area contributed by atoms with E-state index in [1.807, 2.05) is 18.7 Å². The number of carboxylic acids is 1. The summed E-state index contributed by atoms with van der Waals surface area (Å²) >= 11 is 0. The van der Waals surface area contributed by atoms with Gasteiger partial charge in [0.1, 0.15) is 5.75 Å². The average Bonchev–Trinajstić information content (AvgIpc) is 2.63. The van der Waals surface area contributed by atoms with E-state index in [1.54, 1.807) is 25.1 Å². The molecule has 160 valence electrons. The number of ether oxygens (including phenoxy) is 2. The van der Waals surface area contributed by atoms with Crippen molar-refractivity contribution in [1.29, 1.82) is 0 Å². The van der Waals surface area contributed by atoms with E-state index in [0.717, 1.165) is 56.0 Å². The van der Waals surface area contributed by atoms with Crippen LogP contribution in [0.2, 0.25) is 0 Å². The van der Waals surface area contributed by atoms with Crippen LogP contribution in [-0.4, -0.2) is 47.9 Å². The van der Waals surface area contributed by atoms with Gasteiger partial charge in [0.25, 0.3) is 0 Å². The minimum atomic E-state index is -0.907. The molecule has 2 aliphatic rings. The molecule has 1 spiro atoms. The summed E-state index contributed by atoms with van der Waals surface area (Å²) in [5.74, 6) is 0.581. The van der Waals surface area contributed by atoms with Crippen LogP contribution in [0.1, 0.15) is 68.3 Å². The van der Waals surface area contributed by atoms with Gasteiger partial charge in [0, 0.05) is 13.1 Å². The fourth-order valence-electron chi connectivity index (χ4n) is 4.75. The van der Waals surface area contributed by atoms with Crippen LogP contribution in [0.4, 0.5) is 4.79 Å². The van der Waals surface area contributed by atoms with Gasteiger partial charge in [0.15, 0.2) is 0 Å². The summed E-state index contributed by atoms with van der Waals surface area (Å²) in [5, 5.41) is 9.08. The van der Waals surface area contributed by atoms with E-state index in [-0.39, 0.29) is 12.2 Å². The number of benzene rings is 1. The summed E-state index contributed by atoms with van der Waals surface area (Å²) in [6, 6.07) is 5.12. The quantitative estimate of drug-likeness (QED) is 0.656. The molecule has 0 radical (unpaired) electrons. The van der Waals surface area contributed by atoms with E-state index in [4.69, 9.17) is 14.6 Å². The Morgan fingerprint density at radius 2 is 1.93 bits per heavy atom. The van der Waals surface area contributed by atoms with Gasteiger partial charge >= 0.3 is 12.1 Å². The normalized spacial score (nSPS) is 18.6. The molecule has 3 rings (SSSR count). The number of hydrogen-bond acceptors (Lipinski definition) is 4. The van der Waals surface area contributed by atoms with Gasteiger partial charge in [0.2, 0.25) is 0 Å². The summed E-state index contributed by atoms with van der Waals surface area (Å²) in [6.45, 7) is 7.84. The molecule has 1 aliphatic heterocycles. The zero-order chi connectivity index (χ0) is 21.0. The van der Waals surface area contributed by atoms with Crippen LogP contribution >= 0.6 is 0 Å². The van der Waals surface area contributed by atoms with Crippen molar-refractivity contribution >= 4 is 12.1 Å². The maximum atomic E-state index is 12.0. The Bertz CT molecular complexity index is 729. The van der Waals surface area contributed by atoms with Gasteiger partial charge in [-0.25, -0.2) is 9.59 Å². The van der Waals surface area contributed by atoms with Crippen LogP contribution in [0.3, 0.4) is 0 Å². The average molecular weight is 404 g/mol. The topological polar surface area (TPSA) is 76.1 Å². The molecule has 1 aromatic carbocycles. The molecule has 0 atom stereocenters. The molecule has 29 heavy (non-hydrogen) atoms. The van der Waals surface area contributed by atoms with Crippen molar-refractivity contribution in [1.82, 2.24) is 4.90 Å². The van der Waals surface area contributed by atoms with Gasteiger partial charge in [-0.2, -0.15) is 0 Å². The molecule has 1 saturated carbocycles. The zero-order valence-electron chi connectivity index (χ0n) is 17.8. The van der Waals surface area contributed by atoms with Crippen molar-refractivity contribution < 1.29 is 24.2 Å². The fourth-order valence-corrected chi connectivity index (χ4v) is 4.75. The lowest BCUT2D eigenvalue weighted by molar-refractivity contribution is -0.0203. The molecule has 6 heteroatoms. The Balaban J connectivity index is 1.32. The van der Waals surface area contributed by atoms with Crippen LogP contribution in [0.25, 0.3) is 0 Å². The van der Waals surface area contributed by atoms with Gasteiger partial charge in [0.05, 0.1) is 18.3 Å². The van der Waals surface area contributed by atoms with E-state index in [0.29, 0.717) is 17.6 Å². The molecule has 6 nitrogen and oxygen atoms in total. The van der Waals surface area contributed by atoms with Gasteiger partial charge < -0.3 is 19.5 Å². The van der Waals surface area contributed by atoms with Crippen LogP contribution < -0.4 is 4.74 Å². The summed E-state index contributed by atoms with van der Waals surface area (Å²) in [5.41, 5.74) is 1.48. The Labute approximate surface area is 173 Å². The Morgan fingerprint density at radius 1 is 1.24 bits per heavy atom. The molecule has 1 N–H and O–H groups in total. The predicted molar refractivity (Wildman–Crippen MR) is 110 cm³/mol. The molecular formula is C23H33NO5. The summed E-state index contributed by atoms with van der Waals surface area (Å²) < 4.78 is 11.1. The Hall–Kier alpha value is -2.24. The molecule has 1 amide bonds. The first-order valence-corrected chi connectivity index (χ1v) is 10.7. The van der Waals surface area contributed by atoms with Crippen LogP contribution in [0.15, 0.2) is 18.2 Å². The predicted octanol–water partition coefficient (Wildman–Crippen LogP) is 4.89. The highest BCUT2D eigenvalue weighted by Gasteiger charge is 2.46. The van der Waals surface area contributed by atoms with Gasteiger partial charge in [-0.3, -0.25) is 0 Å². The van der Waals surface area contributed by atoms with Crippen molar-refractivity contribution in [3.8, 4) is 5.75 Å². The summed E-state index contributed by atoms with van der Waals surface area (Å²) in [4.78, 5) is 24.9. The SMILES string of the molecule is Cc1cc(OCCCC2CC3(CCN(C(=O)OC(C)C)CC3)C2)ccc1C(=O)O. The first kappa shape index (κ1) is 21.5. The third-order valence-corrected chi connectivity index (χ3v) is 6.32. The number of piperidine rings is 1. The number of carboxylic acid groups (broad SMARTS) is 1. The molecular weight excluding hydrogens is 370 g/mol. The maximum Gasteiger partial charge on any atom is 0.410 e. The van der Waals surface area contributed by atoms with E-state index in [9.17, 15) is 9.59 Å². The molecule has 1 heterocycles. The molecule has 0 bridgehead atoms. The molecule has 1 saturated heterocycles. The number of amides is 1. The van der Waals surface area contributed by atoms with Gasteiger partial charge in [-0.1, -0.05) is 0 Å². The van der Waals surface area contributed by atoms with Crippen molar-refractivity contribution in [3.05, 3.63) is 29.3 Å². The lowest BCUT2D eigenvalue weighted by Gasteiger charge is -2.52. The van der Waals surface area contributed by atoms with Crippen LogP contribution in [0, 0.1) is 18.3 Å². The lowest BCUT2D eigenvalue weighted by Crippen LogP contribution is -2.49. The van der Waals surface area contributed by atoms with Gasteiger partial charge in [-0.15, -0.1) is 0 Å². The first-order valence-electron chi connectivity index (χ1n) is 10.7. The molecule has 1 aromatic rings. The zero-order valence-corrected chi connectivity index (χ0v) is 17.8. The van der Waals surface area contributed by atoms with Crippen molar-refractivity contribution in [2.75, 3.05) is 19.7 Å². The molecule has 1 aliphatic carbocycles. The number of carbonyl (C=O) groups excluding carboxylic acids is 1. The minimum absolute atomic E-state index is 0.0623. The summed E-state index contributed by atoms with van der Waals surface area (Å²) in [7, 11) is 0. The van der Waals surface area contributed by atoms with E-state index >= 15 is 0 Å². The van der Waals surface area contributed by atoms with E-state index in [1.165, 1.54) is 12.8 Å². The molecule has 0 unspecified atom stereocenters. The van der Waals surface area contributed by atoms with Crippen molar-refractivity contribution in [2.45, 2.75) is 65.4 Å². The molecule has 2 fully saturated rings. The minimum Gasteiger partial charge on any atom is -0.494 e. The number of rotatable bonds is 7. The fraction of sp³-hybridized carbons (Fsp3) is 0.652. The number of likely N-dealkylation sites (tertiary alicyclic amines) is 1. The standard InChI is InChI=1S/C23H33NO5/c1-16(2)29-22(27)24-10-8-23(9-11-24)14-18(15-23)5-4-12-28-19-6-7-20(21(25)26)17(3)13-19/h6-7,13,16,18H,4-5,8-12,14-15H2,1-3H3,(H,25,26). The van der Waals surface area contributed by atoms with Gasteiger partial charge in [-0.05, 0) is 94.4 Å². The second kappa shape index (κ2) is 9.06. The van der Waals surface area contributed by atoms with E-state index < -0.39 is 5.97 Å². The molecule has 0 aromatic heterocycles. The highest BCUT2D eigenvalue weighted by molar-refractivity contribution is 5.89. The largest absolute Gasteiger partial charge is 0.494 e. The Morgan fingerprint density at radius 3 is 2.52 bits per heavy atom. The number of aryl methyl sites for hydroxylation is 1. The van der Waals surface area contributed by atoms with Crippen molar-refractivity contribution in [3.63, 3.8) is 0 Å². The van der Waals surface area contributed by atoms with Crippen LogP contribution in [0.5, 0.6) is 5.75 Å². The number of aromatic carboxylic acids is 1. The monoisotopic (exact) mass is 403 g/mol. The Kier molecular flexibility index (Phi) is 6.70. The highest BCUT2D eigenvalue weighted by Crippen LogP contribution is 2.54. The van der Waals surface area contributed by atoms with Crippen LogP contribution in [-0.2, 0) is 4.74 Å². The number of nitrogens with zero attached hydrogens (tertiary/aromatic N) is 1. The third-order valence-electron chi connectivity index (χ3n) is 6.32. The lowest BCUT2D eigenvalue weighted by atomic mass is 9.56. The summed E-state index contributed by atoms with van der Waals surface area (Å²) in [6.07, 6.45) is 6.62. The third kappa shape index (κ3) is 5.43. The number of carbonyl (C=O) groups is 2. The smallest absolute Gasteiger partial charge is 0.410 e. The van der Waals surface area contributed by atoms with E-state index in [2.05, 4.69) is 0 Å². The van der Waals surface area contributed by atoms with Crippen molar-refractivity contribution in [2.24, 2.45) is 11.3 Å². The maximum absolute atomic E-state index is 12.0. The number of hydrogen-bond donors (Lipinski definition) is 1.